The van der Waals surface area contributed by atoms with Crippen LogP contribution in [0.1, 0.15) is 12.0 Å². The van der Waals surface area contributed by atoms with E-state index in [2.05, 4.69) is 0 Å². The maximum absolute atomic E-state index is 12.4. The lowest BCUT2D eigenvalue weighted by atomic mass is 10.1. The van der Waals surface area contributed by atoms with Gasteiger partial charge in [-0.15, -0.1) is 0 Å². The Hall–Kier alpha value is -1.94. The van der Waals surface area contributed by atoms with Crippen molar-refractivity contribution in [2.45, 2.75) is 17.7 Å². The van der Waals surface area contributed by atoms with Gasteiger partial charge in [0.15, 0.2) is 19.7 Å². The molecule has 0 spiro atoms. The van der Waals surface area contributed by atoms with Crippen molar-refractivity contribution in [2.75, 3.05) is 31.4 Å². The Bertz CT molecular complexity index is 875. The van der Waals surface area contributed by atoms with Crippen LogP contribution in [0.4, 0.5) is 0 Å². The second-order valence-electron chi connectivity index (χ2n) is 6.05. The Kier molecular flexibility index (Phi) is 5.52. The number of hydrogen-bond acceptors (Lipinski definition) is 6. The molecule has 2 amide bonds. The summed E-state index contributed by atoms with van der Waals surface area (Å²) in [5.41, 5.74) is 0.611. The zero-order valence-electron chi connectivity index (χ0n) is 14.0. The summed E-state index contributed by atoms with van der Waals surface area (Å²) < 4.78 is 45.4. The third kappa shape index (κ3) is 5.27. The van der Waals surface area contributed by atoms with Crippen molar-refractivity contribution >= 4 is 31.5 Å². The highest BCUT2D eigenvalue weighted by Gasteiger charge is 2.31. The predicted molar refractivity (Wildman–Crippen MR) is 91.0 cm³/mol. The SMILES string of the molecule is CS(=O)(=O)CC(=O)N1CCCN1C(=O)Cc1ccc(S(C)(=O)=O)cc1. The molecule has 1 aliphatic rings. The first kappa shape index (κ1) is 19.4. The molecule has 0 bridgehead atoms. The van der Waals surface area contributed by atoms with Crippen LogP contribution < -0.4 is 0 Å². The highest BCUT2D eigenvalue weighted by atomic mass is 32.2. The lowest BCUT2D eigenvalue weighted by Crippen LogP contribution is -2.47. The number of sulfone groups is 2. The molecule has 1 aliphatic heterocycles. The minimum atomic E-state index is -3.47. The van der Waals surface area contributed by atoms with Crippen molar-refractivity contribution in [3.05, 3.63) is 29.8 Å². The Morgan fingerprint density at radius 2 is 1.44 bits per heavy atom. The minimum Gasteiger partial charge on any atom is -0.273 e. The molecule has 1 aromatic rings. The molecule has 2 rings (SSSR count). The lowest BCUT2D eigenvalue weighted by molar-refractivity contribution is -0.155. The Morgan fingerprint density at radius 1 is 0.920 bits per heavy atom. The van der Waals surface area contributed by atoms with Crippen molar-refractivity contribution in [3.63, 3.8) is 0 Å². The zero-order valence-corrected chi connectivity index (χ0v) is 15.6. The Labute approximate surface area is 147 Å². The molecule has 1 aromatic carbocycles. The monoisotopic (exact) mass is 388 g/mol. The van der Waals surface area contributed by atoms with Crippen LogP contribution in [0, 0.1) is 0 Å². The molecule has 138 valence electrons. The van der Waals surface area contributed by atoms with E-state index in [1.165, 1.54) is 22.2 Å². The summed E-state index contributed by atoms with van der Waals surface area (Å²) in [7, 11) is -6.78. The molecule has 1 saturated heterocycles. The van der Waals surface area contributed by atoms with Gasteiger partial charge in [-0.05, 0) is 24.1 Å². The van der Waals surface area contributed by atoms with Crippen molar-refractivity contribution in [3.8, 4) is 0 Å². The first-order valence-electron chi connectivity index (χ1n) is 7.55. The summed E-state index contributed by atoms with van der Waals surface area (Å²) in [6.45, 7) is 0.642. The molecule has 0 radical (unpaired) electrons. The third-order valence-corrected chi connectivity index (χ3v) is 5.60. The van der Waals surface area contributed by atoms with Crippen LogP contribution in [0.2, 0.25) is 0 Å². The highest BCUT2D eigenvalue weighted by molar-refractivity contribution is 7.91. The summed E-state index contributed by atoms with van der Waals surface area (Å²) in [5, 5.41) is 2.44. The number of rotatable bonds is 5. The minimum absolute atomic E-state index is 0.00725. The molecule has 0 N–H and O–H groups in total. The van der Waals surface area contributed by atoms with Crippen LogP contribution in [0.3, 0.4) is 0 Å². The molecular formula is C15H20N2O6S2. The van der Waals surface area contributed by atoms with Gasteiger partial charge in [-0.3, -0.25) is 19.6 Å². The second kappa shape index (κ2) is 7.12. The molecule has 0 aromatic heterocycles. The number of hydrogen-bond donors (Lipinski definition) is 0. The second-order valence-corrected chi connectivity index (χ2v) is 10.2. The first-order chi connectivity index (χ1) is 11.5. The van der Waals surface area contributed by atoms with Crippen molar-refractivity contribution < 1.29 is 26.4 Å². The number of benzene rings is 1. The van der Waals surface area contributed by atoms with Crippen molar-refractivity contribution in [2.24, 2.45) is 0 Å². The number of carbonyl (C=O) groups is 2. The molecule has 1 fully saturated rings. The van der Waals surface area contributed by atoms with Gasteiger partial charge in [-0.25, -0.2) is 16.8 Å². The van der Waals surface area contributed by atoms with Gasteiger partial charge < -0.3 is 0 Å². The molecule has 0 atom stereocenters. The molecule has 0 aliphatic carbocycles. The van der Waals surface area contributed by atoms with Crippen molar-refractivity contribution in [1.82, 2.24) is 10.0 Å². The standard InChI is InChI=1S/C15H20N2O6S2/c1-24(20,21)11-15(19)17-9-3-8-16(17)14(18)10-12-4-6-13(7-5-12)25(2,22)23/h4-7H,3,8-11H2,1-2H3. The summed E-state index contributed by atoms with van der Waals surface area (Å²) in [6, 6.07) is 5.95. The number of hydrazine groups is 1. The third-order valence-electron chi connectivity index (χ3n) is 3.70. The van der Waals surface area contributed by atoms with E-state index in [1.54, 1.807) is 12.1 Å². The summed E-state index contributed by atoms with van der Waals surface area (Å²) in [6.07, 6.45) is 2.64. The molecule has 25 heavy (non-hydrogen) atoms. The van der Waals surface area contributed by atoms with Gasteiger partial charge in [0.2, 0.25) is 5.91 Å². The Morgan fingerprint density at radius 3 is 1.92 bits per heavy atom. The van der Waals surface area contributed by atoms with Crippen LogP contribution in [-0.4, -0.2) is 70.0 Å². The fourth-order valence-corrected chi connectivity index (χ4v) is 3.78. The molecule has 1 heterocycles. The predicted octanol–water partition coefficient (Wildman–Crippen LogP) is -0.347. The van der Waals surface area contributed by atoms with Crippen LogP contribution in [-0.2, 0) is 35.7 Å². The largest absolute Gasteiger partial charge is 0.273 e. The molecular weight excluding hydrogens is 368 g/mol. The van der Waals surface area contributed by atoms with E-state index in [4.69, 9.17) is 0 Å². The fraction of sp³-hybridized carbons (Fsp3) is 0.467. The molecule has 0 saturated carbocycles. The number of amides is 2. The van der Waals surface area contributed by atoms with Gasteiger partial charge in [0.05, 0.1) is 11.3 Å². The average Bonchev–Trinajstić information content (AvgIpc) is 2.94. The number of nitrogens with zero attached hydrogens (tertiary/aromatic N) is 2. The van der Waals surface area contributed by atoms with Gasteiger partial charge >= 0.3 is 0 Å². The fourth-order valence-electron chi connectivity index (χ4n) is 2.55. The van der Waals surface area contributed by atoms with Gasteiger partial charge in [0.25, 0.3) is 5.91 Å². The van der Waals surface area contributed by atoms with E-state index in [0.29, 0.717) is 25.1 Å². The lowest BCUT2D eigenvalue weighted by Gasteiger charge is -2.27. The average molecular weight is 388 g/mol. The van der Waals surface area contributed by atoms with E-state index < -0.39 is 31.3 Å². The summed E-state index contributed by atoms with van der Waals surface area (Å²) >= 11 is 0. The highest BCUT2D eigenvalue weighted by Crippen LogP contribution is 2.16. The van der Waals surface area contributed by atoms with E-state index in [1.807, 2.05) is 0 Å². The normalized spacial score (nSPS) is 15.4. The molecule has 0 unspecified atom stereocenters. The van der Waals surface area contributed by atoms with Gasteiger partial charge in [0.1, 0.15) is 5.75 Å². The van der Waals surface area contributed by atoms with Crippen LogP contribution >= 0.6 is 0 Å². The maximum Gasteiger partial charge on any atom is 0.256 e. The van der Waals surface area contributed by atoms with E-state index in [0.717, 1.165) is 12.5 Å². The van der Waals surface area contributed by atoms with Gasteiger partial charge in [0, 0.05) is 25.6 Å². The topological polar surface area (TPSA) is 109 Å². The quantitative estimate of drug-likeness (QED) is 0.682. The van der Waals surface area contributed by atoms with Gasteiger partial charge in [-0.2, -0.15) is 0 Å². The van der Waals surface area contributed by atoms with Gasteiger partial charge in [-0.1, -0.05) is 12.1 Å². The van der Waals surface area contributed by atoms with Crippen molar-refractivity contribution in [1.29, 1.82) is 0 Å². The maximum atomic E-state index is 12.4. The van der Waals surface area contributed by atoms with Crippen LogP contribution in [0.15, 0.2) is 29.2 Å². The summed E-state index contributed by atoms with van der Waals surface area (Å²) in [4.78, 5) is 24.7. The number of carbonyl (C=O) groups excluding carboxylic acids is 2. The zero-order chi connectivity index (χ0) is 18.8. The van der Waals surface area contributed by atoms with Crippen LogP contribution in [0.5, 0.6) is 0 Å². The Balaban J connectivity index is 2.08. The first-order valence-corrected chi connectivity index (χ1v) is 11.5. The van der Waals surface area contributed by atoms with E-state index >= 15 is 0 Å². The van der Waals surface area contributed by atoms with E-state index in [9.17, 15) is 26.4 Å². The molecule has 10 heteroatoms. The van der Waals surface area contributed by atoms with Crippen LogP contribution in [0.25, 0.3) is 0 Å². The smallest absolute Gasteiger partial charge is 0.256 e. The molecule has 8 nitrogen and oxygen atoms in total. The van der Waals surface area contributed by atoms with E-state index in [-0.39, 0.29) is 17.2 Å². The summed E-state index contributed by atoms with van der Waals surface area (Å²) in [5.74, 6) is -1.60.